The molecule has 1 aliphatic rings. The van der Waals surface area contributed by atoms with Gasteiger partial charge >= 0.3 is 0 Å². The highest BCUT2D eigenvalue weighted by Gasteiger charge is 2.19. The summed E-state index contributed by atoms with van der Waals surface area (Å²) in [5.41, 5.74) is 0. The van der Waals surface area contributed by atoms with Gasteiger partial charge in [0.05, 0.1) is 12.6 Å². The van der Waals surface area contributed by atoms with Crippen LogP contribution < -0.4 is 10.6 Å². The van der Waals surface area contributed by atoms with Gasteiger partial charge in [-0.15, -0.1) is 11.3 Å². The molecule has 3 nitrogen and oxygen atoms in total. The minimum absolute atomic E-state index is 0.0758. The van der Waals surface area contributed by atoms with E-state index < -0.39 is 0 Å². The monoisotopic (exact) mass is 260 g/mol. The van der Waals surface area contributed by atoms with Crippen molar-refractivity contribution < 1.29 is 4.79 Å². The lowest BCUT2D eigenvalue weighted by atomic mass is 10.2. The number of thiophene rings is 1. The van der Waals surface area contributed by atoms with E-state index >= 15 is 0 Å². The van der Waals surface area contributed by atoms with Crippen molar-refractivity contribution in [1.82, 2.24) is 10.6 Å². The maximum absolute atomic E-state index is 10.9. The van der Waals surface area contributed by atoms with Gasteiger partial charge in [-0.05, 0) is 22.0 Å². The van der Waals surface area contributed by atoms with Crippen LogP contribution in [0.5, 0.6) is 0 Å². The molecule has 1 aromatic heterocycles. The number of rotatable bonds is 1. The summed E-state index contributed by atoms with van der Waals surface area (Å²) in [5, 5.41) is 8.05. The molecule has 1 saturated heterocycles. The lowest BCUT2D eigenvalue weighted by Crippen LogP contribution is -2.46. The van der Waals surface area contributed by atoms with Gasteiger partial charge in [0.25, 0.3) is 0 Å². The van der Waals surface area contributed by atoms with Crippen LogP contribution in [0.2, 0.25) is 0 Å². The second-order valence-corrected chi connectivity index (χ2v) is 4.76. The molecular weight excluding hydrogens is 252 g/mol. The first-order valence-corrected chi connectivity index (χ1v) is 5.67. The van der Waals surface area contributed by atoms with Crippen LogP contribution in [0, 0.1) is 0 Å². The van der Waals surface area contributed by atoms with Crippen LogP contribution in [0.4, 0.5) is 0 Å². The fraction of sp³-hybridized carbons (Fsp3) is 0.375. The van der Waals surface area contributed by atoms with Crippen molar-refractivity contribution in [2.24, 2.45) is 0 Å². The largest absolute Gasteiger partial charge is 0.353 e. The zero-order valence-corrected chi connectivity index (χ0v) is 9.24. The third-order valence-electron chi connectivity index (χ3n) is 1.94. The molecule has 0 aromatic carbocycles. The van der Waals surface area contributed by atoms with Crippen LogP contribution in [-0.2, 0) is 4.79 Å². The van der Waals surface area contributed by atoms with Gasteiger partial charge < -0.3 is 5.32 Å². The number of hydrogen-bond acceptors (Lipinski definition) is 3. The molecule has 0 spiro atoms. The first-order chi connectivity index (χ1) is 6.25. The Labute approximate surface area is 88.7 Å². The zero-order chi connectivity index (χ0) is 9.26. The van der Waals surface area contributed by atoms with E-state index in [0.717, 1.165) is 4.47 Å². The van der Waals surface area contributed by atoms with Gasteiger partial charge in [-0.25, -0.2) is 0 Å². The van der Waals surface area contributed by atoms with Crippen molar-refractivity contribution in [1.29, 1.82) is 0 Å². The van der Waals surface area contributed by atoms with Crippen molar-refractivity contribution >= 4 is 33.2 Å². The zero-order valence-electron chi connectivity index (χ0n) is 6.84. The van der Waals surface area contributed by atoms with Crippen LogP contribution in [0.25, 0.3) is 0 Å². The van der Waals surface area contributed by atoms with E-state index in [4.69, 9.17) is 0 Å². The van der Waals surface area contributed by atoms with Crippen molar-refractivity contribution in [3.05, 3.63) is 20.8 Å². The maximum atomic E-state index is 10.9. The molecule has 0 bridgehead atoms. The number of amides is 1. The molecular formula is C8H9BrN2OS. The van der Waals surface area contributed by atoms with Crippen molar-refractivity contribution in [3.8, 4) is 0 Å². The number of halogens is 1. The van der Waals surface area contributed by atoms with Gasteiger partial charge in [-0.2, -0.15) is 0 Å². The number of hydrogen-bond donors (Lipinski definition) is 2. The van der Waals surface area contributed by atoms with Gasteiger partial charge in [0.2, 0.25) is 5.91 Å². The lowest BCUT2D eigenvalue weighted by Gasteiger charge is -2.22. The molecule has 1 aliphatic heterocycles. The summed E-state index contributed by atoms with van der Waals surface area (Å²) in [6.07, 6.45) is 0. The quantitative estimate of drug-likeness (QED) is 0.799. The predicted octanol–water partition coefficient (Wildman–Crippen LogP) is 1.27. The second-order valence-electron chi connectivity index (χ2n) is 2.90. The minimum Gasteiger partial charge on any atom is -0.353 e. The van der Waals surface area contributed by atoms with Gasteiger partial charge in [0, 0.05) is 21.3 Å². The van der Waals surface area contributed by atoms with E-state index in [1.54, 1.807) is 11.3 Å². The number of nitrogens with one attached hydrogen (secondary N) is 2. The SMILES string of the molecule is O=C1CNC(c2cc(Br)cs2)CN1. The topological polar surface area (TPSA) is 41.1 Å². The fourth-order valence-electron chi connectivity index (χ4n) is 1.28. The standard InChI is InChI=1S/C8H9BrN2OS/c9-5-1-7(13-4-5)6-2-11-8(12)3-10-6/h1,4,6,10H,2-3H2,(H,11,12). The Morgan fingerprint density at radius 1 is 1.62 bits per heavy atom. The smallest absolute Gasteiger partial charge is 0.234 e. The highest BCUT2D eigenvalue weighted by molar-refractivity contribution is 9.10. The Hall–Kier alpha value is -0.390. The normalized spacial score (nSPS) is 22.8. The summed E-state index contributed by atoms with van der Waals surface area (Å²) in [6.45, 7) is 1.10. The Morgan fingerprint density at radius 3 is 3.00 bits per heavy atom. The highest BCUT2D eigenvalue weighted by atomic mass is 79.9. The minimum atomic E-state index is 0.0758. The van der Waals surface area contributed by atoms with Crippen LogP contribution >= 0.6 is 27.3 Å². The van der Waals surface area contributed by atoms with Gasteiger partial charge in [-0.1, -0.05) is 0 Å². The van der Waals surface area contributed by atoms with E-state index in [-0.39, 0.29) is 11.9 Å². The Balaban J connectivity index is 2.06. The average molecular weight is 261 g/mol. The summed E-state index contributed by atoms with van der Waals surface area (Å²) in [6, 6.07) is 2.36. The Bertz CT molecular complexity index is 316. The molecule has 0 radical (unpaired) electrons. The van der Waals surface area contributed by atoms with Crippen LogP contribution in [0.3, 0.4) is 0 Å². The van der Waals surface area contributed by atoms with E-state index in [2.05, 4.69) is 32.6 Å². The number of carbonyl (C=O) groups is 1. The molecule has 1 fully saturated rings. The molecule has 1 atom stereocenters. The summed E-state index contributed by atoms with van der Waals surface area (Å²) in [4.78, 5) is 12.1. The van der Waals surface area contributed by atoms with Crippen LogP contribution in [0.1, 0.15) is 10.9 Å². The summed E-state index contributed by atoms with van der Waals surface area (Å²) >= 11 is 5.10. The Morgan fingerprint density at radius 2 is 2.46 bits per heavy atom. The molecule has 70 valence electrons. The Kier molecular flexibility index (Phi) is 2.66. The first-order valence-electron chi connectivity index (χ1n) is 4.00. The number of carbonyl (C=O) groups excluding carboxylic acids is 1. The third kappa shape index (κ3) is 2.10. The van der Waals surface area contributed by atoms with Gasteiger partial charge in [0.1, 0.15) is 0 Å². The number of piperazine rings is 1. The van der Waals surface area contributed by atoms with Gasteiger partial charge in [-0.3, -0.25) is 10.1 Å². The highest BCUT2D eigenvalue weighted by Crippen LogP contribution is 2.25. The first kappa shape index (κ1) is 9.18. The van der Waals surface area contributed by atoms with Crippen molar-refractivity contribution in [3.63, 3.8) is 0 Å². The molecule has 13 heavy (non-hydrogen) atoms. The third-order valence-corrected chi connectivity index (χ3v) is 3.75. The molecule has 2 heterocycles. The van der Waals surface area contributed by atoms with E-state index in [1.165, 1.54) is 4.88 Å². The molecule has 0 aliphatic carbocycles. The molecule has 5 heteroatoms. The summed E-state index contributed by atoms with van der Waals surface area (Å²) < 4.78 is 1.10. The van der Waals surface area contributed by atoms with E-state index in [1.807, 2.05) is 5.38 Å². The second kappa shape index (κ2) is 3.77. The lowest BCUT2D eigenvalue weighted by molar-refractivity contribution is -0.121. The molecule has 1 unspecified atom stereocenters. The average Bonchev–Trinajstić information content (AvgIpc) is 2.53. The van der Waals surface area contributed by atoms with Crippen LogP contribution in [-0.4, -0.2) is 19.0 Å². The van der Waals surface area contributed by atoms with Gasteiger partial charge in [0.15, 0.2) is 0 Å². The summed E-state index contributed by atoms with van der Waals surface area (Å²) in [7, 11) is 0. The molecule has 0 saturated carbocycles. The van der Waals surface area contributed by atoms with E-state index in [0.29, 0.717) is 13.1 Å². The van der Waals surface area contributed by atoms with Crippen molar-refractivity contribution in [2.45, 2.75) is 6.04 Å². The fourth-order valence-corrected chi connectivity index (χ4v) is 2.80. The maximum Gasteiger partial charge on any atom is 0.234 e. The predicted molar refractivity (Wildman–Crippen MR) is 55.8 cm³/mol. The molecule has 1 aromatic rings. The molecule has 1 amide bonds. The van der Waals surface area contributed by atoms with Crippen LogP contribution in [0.15, 0.2) is 15.9 Å². The van der Waals surface area contributed by atoms with Crippen molar-refractivity contribution in [2.75, 3.05) is 13.1 Å². The van der Waals surface area contributed by atoms with E-state index in [9.17, 15) is 4.79 Å². The molecule has 2 N–H and O–H groups in total. The summed E-state index contributed by atoms with van der Waals surface area (Å²) in [5.74, 6) is 0.0758. The molecule has 2 rings (SSSR count).